The third-order valence-electron chi connectivity index (χ3n) is 7.10. The molecule has 6 rings (SSSR count). The number of carbonyl (C=O) groups is 1. The van der Waals surface area contributed by atoms with E-state index in [2.05, 4.69) is 46.3 Å². The summed E-state index contributed by atoms with van der Waals surface area (Å²) in [5, 5.41) is 4.29. The van der Waals surface area contributed by atoms with Gasteiger partial charge in [-0.3, -0.25) is 14.5 Å². The number of benzene rings is 1. The van der Waals surface area contributed by atoms with Gasteiger partial charge in [0, 0.05) is 30.3 Å². The van der Waals surface area contributed by atoms with Gasteiger partial charge in [-0.1, -0.05) is 24.3 Å². The van der Waals surface area contributed by atoms with Gasteiger partial charge in [0.15, 0.2) is 5.13 Å². The normalized spacial score (nSPS) is 17.9. The van der Waals surface area contributed by atoms with Crippen LogP contribution in [0.1, 0.15) is 54.4 Å². The fraction of sp³-hybridized carbons (Fsp3) is 0.462. The van der Waals surface area contributed by atoms with E-state index in [1.165, 1.54) is 40.2 Å². The van der Waals surface area contributed by atoms with Crippen molar-refractivity contribution in [1.29, 1.82) is 0 Å². The van der Waals surface area contributed by atoms with Gasteiger partial charge in [0.1, 0.15) is 10.7 Å². The van der Waals surface area contributed by atoms with Crippen LogP contribution in [0.25, 0.3) is 20.4 Å². The number of rotatable bonds is 7. The molecule has 4 aromatic rings. The van der Waals surface area contributed by atoms with Crippen molar-refractivity contribution < 1.29 is 4.79 Å². The molecule has 1 fully saturated rings. The highest BCUT2D eigenvalue weighted by atomic mass is 32.1. The van der Waals surface area contributed by atoms with Gasteiger partial charge in [-0.2, -0.15) is 0 Å². The predicted octanol–water partition coefficient (Wildman–Crippen LogP) is 4.88. The van der Waals surface area contributed by atoms with Crippen molar-refractivity contribution in [2.75, 3.05) is 12.4 Å². The van der Waals surface area contributed by atoms with Crippen LogP contribution < -0.4 is 10.9 Å². The number of H-pyrrole nitrogens is 1. The van der Waals surface area contributed by atoms with Crippen LogP contribution in [0.15, 0.2) is 23.0 Å². The SMILES string of the molecule is CC1CCc2c(sc3nc(CCC(=O)Nc4nc5ccc(CN(C)C6CC6)cc5s4)[nH]c(=O)c23)C1. The highest BCUT2D eigenvalue weighted by molar-refractivity contribution is 7.22. The third kappa shape index (κ3) is 4.77. The summed E-state index contributed by atoms with van der Waals surface area (Å²) >= 11 is 3.14. The maximum Gasteiger partial charge on any atom is 0.259 e. The lowest BCUT2D eigenvalue weighted by atomic mass is 9.89. The summed E-state index contributed by atoms with van der Waals surface area (Å²) in [4.78, 5) is 42.1. The first kappa shape index (κ1) is 22.8. The largest absolute Gasteiger partial charge is 0.310 e. The molecule has 1 amide bonds. The number of aryl methyl sites for hydroxylation is 2. The van der Waals surface area contributed by atoms with Crippen LogP contribution >= 0.6 is 22.7 Å². The van der Waals surface area contributed by atoms with Crippen LogP contribution in [0, 0.1) is 5.92 Å². The van der Waals surface area contributed by atoms with E-state index in [1.54, 1.807) is 11.3 Å². The highest BCUT2D eigenvalue weighted by Crippen LogP contribution is 2.35. The Morgan fingerprint density at radius 3 is 2.91 bits per heavy atom. The van der Waals surface area contributed by atoms with Gasteiger partial charge in [0.25, 0.3) is 5.56 Å². The van der Waals surface area contributed by atoms with Crippen LogP contribution in [0.3, 0.4) is 0 Å². The summed E-state index contributed by atoms with van der Waals surface area (Å²) in [7, 11) is 2.17. The number of carbonyl (C=O) groups excluding carboxylic acids is 1. The number of anilines is 1. The van der Waals surface area contributed by atoms with Crippen LogP contribution in [0.2, 0.25) is 0 Å². The van der Waals surface area contributed by atoms with E-state index < -0.39 is 0 Å². The summed E-state index contributed by atoms with van der Waals surface area (Å²) < 4.78 is 1.08. The lowest BCUT2D eigenvalue weighted by Crippen LogP contribution is -2.19. The number of thiazole rings is 1. The molecule has 0 bridgehead atoms. The van der Waals surface area contributed by atoms with Gasteiger partial charge in [-0.25, -0.2) is 9.97 Å². The molecular formula is C26H29N5O2S2. The van der Waals surface area contributed by atoms with Gasteiger partial charge in [-0.05, 0) is 68.3 Å². The summed E-state index contributed by atoms with van der Waals surface area (Å²) in [6, 6.07) is 7.05. The smallest absolute Gasteiger partial charge is 0.259 e. The molecule has 0 aliphatic heterocycles. The maximum absolute atomic E-state index is 12.8. The maximum atomic E-state index is 12.8. The van der Waals surface area contributed by atoms with E-state index in [-0.39, 0.29) is 17.9 Å². The number of nitrogens with zero attached hydrogens (tertiary/aromatic N) is 3. The van der Waals surface area contributed by atoms with E-state index in [1.807, 2.05) is 6.07 Å². The first-order chi connectivity index (χ1) is 16.9. The van der Waals surface area contributed by atoms with Crippen molar-refractivity contribution in [2.45, 2.75) is 64.5 Å². The molecule has 35 heavy (non-hydrogen) atoms. The van der Waals surface area contributed by atoms with Crippen molar-refractivity contribution in [1.82, 2.24) is 19.9 Å². The number of aromatic nitrogens is 3. The van der Waals surface area contributed by atoms with E-state index in [0.29, 0.717) is 23.3 Å². The minimum Gasteiger partial charge on any atom is -0.310 e. The van der Waals surface area contributed by atoms with Gasteiger partial charge in [-0.15, -0.1) is 11.3 Å². The standard InChI is InChI=1S/C26H29N5O2S2/c1-14-3-7-17-19(11-14)34-25-23(17)24(33)28-21(29-25)9-10-22(32)30-26-27-18-8-4-15(12-20(18)35-26)13-31(2)16-5-6-16/h4,8,12,14,16H,3,5-7,9-11,13H2,1-2H3,(H,27,30,32)(H,28,29,33). The number of thiophene rings is 1. The van der Waals surface area contributed by atoms with Crippen molar-refractivity contribution in [3.8, 4) is 0 Å². The van der Waals surface area contributed by atoms with Crippen LogP contribution in [-0.2, 0) is 30.6 Å². The number of fused-ring (bicyclic) bond motifs is 4. The summed E-state index contributed by atoms with van der Waals surface area (Å²) in [5.74, 6) is 1.09. The first-order valence-electron chi connectivity index (χ1n) is 12.4. The fourth-order valence-corrected chi connectivity index (χ4v) is 7.33. The second-order valence-corrected chi connectivity index (χ2v) is 12.2. The summed E-state index contributed by atoms with van der Waals surface area (Å²) in [6.45, 7) is 3.19. The molecule has 3 aromatic heterocycles. The van der Waals surface area contributed by atoms with Gasteiger partial charge >= 0.3 is 0 Å². The van der Waals surface area contributed by atoms with Crippen molar-refractivity contribution in [3.63, 3.8) is 0 Å². The molecular weight excluding hydrogens is 478 g/mol. The van der Waals surface area contributed by atoms with E-state index >= 15 is 0 Å². The molecule has 1 aromatic carbocycles. The number of aromatic amines is 1. The van der Waals surface area contributed by atoms with Crippen LogP contribution in [-0.4, -0.2) is 38.8 Å². The molecule has 7 nitrogen and oxygen atoms in total. The molecule has 1 atom stereocenters. The lowest BCUT2D eigenvalue weighted by Gasteiger charge is -2.17. The van der Waals surface area contributed by atoms with Crippen LogP contribution in [0.5, 0.6) is 0 Å². The molecule has 0 radical (unpaired) electrons. The Balaban J connectivity index is 1.11. The Hall–Kier alpha value is -2.62. The Morgan fingerprint density at radius 1 is 1.23 bits per heavy atom. The van der Waals surface area contributed by atoms with Gasteiger partial charge in [0.05, 0.1) is 15.6 Å². The molecule has 182 valence electrons. The van der Waals surface area contributed by atoms with E-state index in [9.17, 15) is 9.59 Å². The van der Waals surface area contributed by atoms with Crippen molar-refractivity contribution >= 4 is 54.1 Å². The highest BCUT2D eigenvalue weighted by Gasteiger charge is 2.26. The zero-order valence-corrected chi connectivity index (χ0v) is 21.7. The quantitative estimate of drug-likeness (QED) is 0.372. The average Bonchev–Trinajstić information content (AvgIpc) is 3.50. The minimum absolute atomic E-state index is 0.0771. The zero-order chi connectivity index (χ0) is 24.1. The molecule has 9 heteroatoms. The zero-order valence-electron chi connectivity index (χ0n) is 20.0. The van der Waals surface area contributed by atoms with Gasteiger partial charge < -0.3 is 10.3 Å². The summed E-state index contributed by atoms with van der Waals surface area (Å²) in [6.07, 6.45) is 6.30. The second-order valence-electron chi connectivity index (χ2n) is 10.1. The lowest BCUT2D eigenvalue weighted by molar-refractivity contribution is -0.116. The van der Waals surface area contributed by atoms with Gasteiger partial charge in [0.2, 0.25) is 5.91 Å². The third-order valence-corrected chi connectivity index (χ3v) is 9.19. The van der Waals surface area contributed by atoms with Crippen molar-refractivity contribution in [2.24, 2.45) is 5.92 Å². The Bertz CT molecular complexity index is 1480. The Kier molecular flexibility index (Phi) is 5.94. The minimum atomic E-state index is -0.125. The first-order valence-corrected chi connectivity index (χ1v) is 14.0. The van der Waals surface area contributed by atoms with E-state index in [4.69, 9.17) is 4.98 Å². The molecule has 0 saturated heterocycles. The summed E-state index contributed by atoms with van der Waals surface area (Å²) in [5.41, 5.74) is 3.27. The molecule has 0 spiro atoms. The Labute approximate surface area is 211 Å². The molecule has 2 aliphatic carbocycles. The predicted molar refractivity (Wildman–Crippen MR) is 142 cm³/mol. The fourth-order valence-electron chi connectivity index (χ4n) is 4.98. The average molecular weight is 508 g/mol. The number of amides is 1. The topological polar surface area (TPSA) is 91.0 Å². The Morgan fingerprint density at radius 2 is 2.09 bits per heavy atom. The molecule has 2 aliphatic rings. The number of hydrogen-bond donors (Lipinski definition) is 2. The second kappa shape index (κ2) is 9.11. The number of hydrogen-bond acceptors (Lipinski definition) is 7. The monoisotopic (exact) mass is 507 g/mol. The molecule has 3 heterocycles. The van der Waals surface area contributed by atoms with Crippen LogP contribution in [0.4, 0.5) is 5.13 Å². The molecule has 1 saturated carbocycles. The number of nitrogens with one attached hydrogen (secondary N) is 2. The molecule has 2 N–H and O–H groups in total. The van der Waals surface area contributed by atoms with E-state index in [0.717, 1.165) is 52.3 Å². The molecule has 1 unspecified atom stereocenters. The van der Waals surface area contributed by atoms with Crippen molar-refractivity contribution in [3.05, 3.63) is 50.4 Å².